The van der Waals surface area contributed by atoms with Crippen LogP contribution in [0.2, 0.25) is 10.0 Å². The van der Waals surface area contributed by atoms with Gasteiger partial charge < -0.3 is 15.4 Å². The Morgan fingerprint density at radius 3 is 2.55 bits per heavy atom. The highest BCUT2D eigenvalue weighted by atomic mass is 35.5. The van der Waals surface area contributed by atoms with Crippen molar-refractivity contribution in [2.75, 3.05) is 19.0 Å². The number of carbonyl (C=O) groups is 1. The molecule has 0 aromatic heterocycles. The highest BCUT2D eigenvalue weighted by molar-refractivity contribution is 6.43. The third kappa shape index (κ3) is 4.55. The highest BCUT2D eigenvalue weighted by Gasteiger charge is 2.06. The second kappa shape index (κ2) is 7.92. The average Bonchev–Trinajstić information content (AvgIpc) is 2.54. The monoisotopic (exact) mass is 338 g/mol. The Balaban J connectivity index is 1.81. The first-order valence-electron chi connectivity index (χ1n) is 6.67. The minimum Gasteiger partial charge on any atom is -0.497 e. The van der Waals surface area contributed by atoms with E-state index in [0.29, 0.717) is 22.3 Å². The molecule has 0 radical (unpaired) electrons. The number of nitrogens with one attached hydrogen (secondary N) is 2. The Morgan fingerprint density at radius 2 is 1.86 bits per heavy atom. The molecule has 22 heavy (non-hydrogen) atoms. The molecule has 0 heterocycles. The van der Waals surface area contributed by atoms with Crippen molar-refractivity contribution in [1.29, 1.82) is 0 Å². The zero-order chi connectivity index (χ0) is 15.9. The number of hydrogen-bond donors (Lipinski definition) is 2. The SMILES string of the molecule is COc1ccc(CNC(=O)CNc2cccc(Cl)c2Cl)cc1. The molecule has 6 heteroatoms. The second-order valence-electron chi connectivity index (χ2n) is 4.58. The molecule has 0 unspecified atom stereocenters. The number of benzene rings is 2. The van der Waals surface area contributed by atoms with Gasteiger partial charge in [0.05, 0.1) is 29.4 Å². The predicted octanol–water partition coefficient (Wildman–Crippen LogP) is 3.73. The first-order chi connectivity index (χ1) is 10.6. The molecule has 2 aromatic rings. The van der Waals surface area contributed by atoms with Crippen molar-refractivity contribution in [3.05, 3.63) is 58.1 Å². The van der Waals surface area contributed by atoms with E-state index in [1.54, 1.807) is 25.3 Å². The maximum Gasteiger partial charge on any atom is 0.239 e. The number of anilines is 1. The van der Waals surface area contributed by atoms with E-state index < -0.39 is 0 Å². The van der Waals surface area contributed by atoms with E-state index in [2.05, 4.69) is 10.6 Å². The summed E-state index contributed by atoms with van der Waals surface area (Å²) in [7, 11) is 1.61. The van der Waals surface area contributed by atoms with Gasteiger partial charge in [-0.3, -0.25) is 4.79 Å². The van der Waals surface area contributed by atoms with Crippen LogP contribution in [0.4, 0.5) is 5.69 Å². The van der Waals surface area contributed by atoms with Crippen LogP contribution in [0.15, 0.2) is 42.5 Å². The summed E-state index contributed by atoms with van der Waals surface area (Å²) in [4.78, 5) is 11.8. The number of methoxy groups -OCH3 is 1. The van der Waals surface area contributed by atoms with Crippen LogP contribution in [0.5, 0.6) is 5.75 Å². The minimum absolute atomic E-state index is 0.121. The zero-order valence-electron chi connectivity index (χ0n) is 12.0. The van der Waals surface area contributed by atoms with Gasteiger partial charge in [0.2, 0.25) is 5.91 Å². The molecule has 0 aliphatic heterocycles. The molecule has 4 nitrogen and oxygen atoms in total. The highest BCUT2D eigenvalue weighted by Crippen LogP contribution is 2.29. The van der Waals surface area contributed by atoms with Crippen LogP contribution in [0.1, 0.15) is 5.56 Å². The van der Waals surface area contributed by atoms with Gasteiger partial charge in [0.1, 0.15) is 5.75 Å². The summed E-state index contributed by atoms with van der Waals surface area (Å²) in [6, 6.07) is 12.7. The lowest BCUT2D eigenvalue weighted by molar-refractivity contribution is -0.119. The molecule has 0 spiro atoms. The second-order valence-corrected chi connectivity index (χ2v) is 5.36. The molecule has 0 saturated carbocycles. The lowest BCUT2D eigenvalue weighted by atomic mass is 10.2. The van der Waals surface area contributed by atoms with Crippen LogP contribution in [0.3, 0.4) is 0 Å². The molecule has 0 saturated heterocycles. The molecule has 1 amide bonds. The van der Waals surface area contributed by atoms with Gasteiger partial charge in [-0.25, -0.2) is 0 Å². The van der Waals surface area contributed by atoms with Gasteiger partial charge in [0.25, 0.3) is 0 Å². The van der Waals surface area contributed by atoms with Crippen molar-refractivity contribution in [2.45, 2.75) is 6.54 Å². The maximum absolute atomic E-state index is 11.8. The quantitative estimate of drug-likeness (QED) is 0.843. The summed E-state index contributed by atoms with van der Waals surface area (Å²) in [6.45, 7) is 0.573. The first kappa shape index (κ1) is 16.5. The van der Waals surface area contributed by atoms with Crippen molar-refractivity contribution >= 4 is 34.8 Å². The van der Waals surface area contributed by atoms with Gasteiger partial charge in [-0.15, -0.1) is 0 Å². The average molecular weight is 339 g/mol. The summed E-state index contributed by atoms with van der Waals surface area (Å²) in [6.07, 6.45) is 0. The normalized spacial score (nSPS) is 10.1. The summed E-state index contributed by atoms with van der Waals surface area (Å²) >= 11 is 12.0. The summed E-state index contributed by atoms with van der Waals surface area (Å²) in [5, 5.41) is 6.64. The first-order valence-corrected chi connectivity index (χ1v) is 7.43. The largest absolute Gasteiger partial charge is 0.497 e. The number of amides is 1. The fraction of sp³-hybridized carbons (Fsp3) is 0.188. The number of halogens is 2. The lowest BCUT2D eigenvalue weighted by Gasteiger charge is -2.10. The lowest BCUT2D eigenvalue weighted by Crippen LogP contribution is -2.29. The van der Waals surface area contributed by atoms with Gasteiger partial charge in [0.15, 0.2) is 0 Å². The smallest absolute Gasteiger partial charge is 0.239 e. The van der Waals surface area contributed by atoms with E-state index >= 15 is 0 Å². The molecule has 0 aliphatic carbocycles. The van der Waals surface area contributed by atoms with Crippen LogP contribution in [-0.2, 0) is 11.3 Å². The fourth-order valence-corrected chi connectivity index (χ4v) is 2.19. The summed E-state index contributed by atoms with van der Waals surface area (Å²) < 4.78 is 5.08. The molecule has 0 fully saturated rings. The summed E-state index contributed by atoms with van der Waals surface area (Å²) in [5.41, 5.74) is 1.63. The molecule has 2 rings (SSSR count). The predicted molar refractivity (Wildman–Crippen MR) is 89.8 cm³/mol. The van der Waals surface area contributed by atoms with Gasteiger partial charge in [-0.2, -0.15) is 0 Å². The van der Waals surface area contributed by atoms with E-state index in [0.717, 1.165) is 11.3 Å². The van der Waals surface area contributed by atoms with Gasteiger partial charge in [0, 0.05) is 6.54 Å². The van der Waals surface area contributed by atoms with Crippen molar-refractivity contribution in [2.24, 2.45) is 0 Å². The molecule has 0 bridgehead atoms. The van der Waals surface area contributed by atoms with Crippen molar-refractivity contribution < 1.29 is 9.53 Å². The Morgan fingerprint density at radius 1 is 1.14 bits per heavy atom. The van der Waals surface area contributed by atoms with Crippen LogP contribution in [-0.4, -0.2) is 19.6 Å². The van der Waals surface area contributed by atoms with Gasteiger partial charge in [-0.1, -0.05) is 41.4 Å². The van der Waals surface area contributed by atoms with E-state index in [1.807, 2.05) is 24.3 Å². The molecular formula is C16H16Cl2N2O2. The topological polar surface area (TPSA) is 50.4 Å². The third-order valence-electron chi connectivity index (χ3n) is 3.04. The standard InChI is InChI=1S/C16H16Cl2N2O2/c1-22-12-7-5-11(6-8-12)9-20-15(21)10-19-14-4-2-3-13(17)16(14)18/h2-8,19H,9-10H2,1H3,(H,20,21). The molecule has 0 aliphatic rings. The van der Waals surface area contributed by atoms with E-state index in [9.17, 15) is 4.79 Å². The molecular weight excluding hydrogens is 323 g/mol. The van der Waals surface area contributed by atoms with E-state index in [-0.39, 0.29) is 12.5 Å². The molecule has 2 N–H and O–H groups in total. The van der Waals surface area contributed by atoms with Crippen molar-refractivity contribution in [3.8, 4) is 5.75 Å². The van der Waals surface area contributed by atoms with Crippen LogP contribution in [0, 0.1) is 0 Å². The Kier molecular flexibility index (Phi) is 5.92. The van der Waals surface area contributed by atoms with Crippen LogP contribution < -0.4 is 15.4 Å². The Bertz CT molecular complexity index is 645. The Hall–Kier alpha value is -1.91. The van der Waals surface area contributed by atoms with Crippen LogP contribution in [0.25, 0.3) is 0 Å². The van der Waals surface area contributed by atoms with Crippen molar-refractivity contribution in [3.63, 3.8) is 0 Å². The maximum atomic E-state index is 11.8. The number of rotatable bonds is 6. The molecule has 2 aromatic carbocycles. The van der Waals surface area contributed by atoms with Crippen molar-refractivity contribution in [1.82, 2.24) is 5.32 Å². The van der Waals surface area contributed by atoms with E-state index in [4.69, 9.17) is 27.9 Å². The van der Waals surface area contributed by atoms with Gasteiger partial charge in [-0.05, 0) is 29.8 Å². The zero-order valence-corrected chi connectivity index (χ0v) is 13.5. The number of ether oxygens (including phenoxy) is 1. The number of carbonyl (C=O) groups excluding carboxylic acids is 1. The Labute approximate surface area is 139 Å². The van der Waals surface area contributed by atoms with Gasteiger partial charge >= 0.3 is 0 Å². The van der Waals surface area contributed by atoms with Crippen LogP contribution >= 0.6 is 23.2 Å². The molecule has 0 atom stereocenters. The summed E-state index contributed by atoms with van der Waals surface area (Å²) in [5.74, 6) is 0.652. The fourth-order valence-electron chi connectivity index (χ4n) is 1.82. The number of hydrogen-bond acceptors (Lipinski definition) is 3. The third-order valence-corrected chi connectivity index (χ3v) is 3.86. The minimum atomic E-state index is -0.133. The van der Waals surface area contributed by atoms with E-state index in [1.165, 1.54) is 0 Å². The molecule has 116 valence electrons.